The number of thiophene rings is 1. The zero-order chi connectivity index (χ0) is 14.2. The first-order chi connectivity index (χ1) is 9.57. The molecule has 0 fully saturated rings. The summed E-state index contributed by atoms with van der Waals surface area (Å²) in [6, 6.07) is 7.29. The van der Waals surface area contributed by atoms with Gasteiger partial charge in [-0.1, -0.05) is 6.07 Å². The van der Waals surface area contributed by atoms with Crippen LogP contribution in [0.15, 0.2) is 39.9 Å². The second-order valence-electron chi connectivity index (χ2n) is 4.89. The van der Waals surface area contributed by atoms with Crippen LogP contribution >= 0.6 is 11.3 Å². The van der Waals surface area contributed by atoms with Gasteiger partial charge in [0.15, 0.2) is 0 Å². The Hall–Kier alpha value is -1.37. The highest BCUT2D eigenvalue weighted by atomic mass is 32.2. The van der Waals surface area contributed by atoms with Gasteiger partial charge in [-0.3, -0.25) is 0 Å². The highest BCUT2D eigenvalue weighted by Gasteiger charge is 2.23. The van der Waals surface area contributed by atoms with Crippen molar-refractivity contribution in [1.82, 2.24) is 4.31 Å². The van der Waals surface area contributed by atoms with Crippen LogP contribution in [0.25, 0.3) is 0 Å². The minimum Gasteiger partial charge on any atom is -0.384 e. The van der Waals surface area contributed by atoms with Crippen LogP contribution in [-0.4, -0.2) is 26.3 Å². The zero-order valence-electron chi connectivity index (χ0n) is 11.2. The number of rotatable bonds is 4. The van der Waals surface area contributed by atoms with E-state index in [0.29, 0.717) is 11.4 Å². The fraction of sp³-hybridized carbons (Fsp3) is 0.286. The van der Waals surface area contributed by atoms with Crippen LogP contribution in [0.3, 0.4) is 0 Å². The van der Waals surface area contributed by atoms with Gasteiger partial charge in [-0.15, -0.1) is 0 Å². The van der Waals surface area contributed by atoms with Gasteiger partial charge in [0.1, 0.15) is 0 Å². The third kappa shape index (κ3) is 2.46. The maximum atomic E-state index is 12.6. The normalized spacial score (nSPS) is 14.3. The molecule has 1 aliphatic heterocycles. The van der Waals surface area contributed by atoms with Crippen LogP contribution in [0.4, 0.5) is 5.69 Å². The smallest absolute Gasteiger partial charge is 0.243 e. The van der Waals surface area contributed by atoms with Gasteiger partial charge in [-0.05, 0) is 46.5 Å². The van der Waals surface area contributed by atoms with Crippen molar-refractivity contribution >= 4 is 27.0 Å². The van der Waals surface area contributed by atoms with Crippen LogP contribution in [-0.2, 0) is 23.0 Å². The molecule has 0 saturated carbocycles. The van der Waals surface area contributed by atoms with E-state index in [1.54, 1.807) is 30.5 Å². The minimum absolute atomic E-state index is 0.350. The minimum atomic E-state index is -3.44. The van der Waals surface area contributed by atoms with Gasteiger partial charge in [0.2, 0.25) is 10.0 Å². The van der Waals surface area contributed by atoms with Gasteiger partial charge < -0.3 is 5.32 Å². The van der Waals surface area contributed by atoms with E-state index in [4.69, 9.17) is 0 Å². The number of nitrogens with zero attached hydrogens (tertiary/aromatic N) is 1. The summed E-state index contributed by atoms with van der Waals surface area (Å²) in [5.74, 6) is 0. The van der Waals surface area contributed by atoms with Gasteiger partial charge in [0.05, 0.1) is 4.90 Å². The van der Waals surface area contributed by atoms with E-state index >= 15 is 0 Å². The first-order valence-corrected chi connectivity index (χ1v) is 8.80. The van der Waals surface area contributed by atoms with Crippen LogP contribution in [0.2, 0.25) is 0 Å². The molecule has 0 atom stereocenters. The number of nitrogens with one attached hydrogen (secondary N) is 1. The summed E-state index contributed by atoms with van der Waals surface area (Å²) in [6.07, 6.45) is 0.959. The second-order valence-corrected chi connectivity index (χ2v) is 7.71. The van der Waals surface area contributed by atoms with E-state index in [0.717, 1.165) is 24.2 Å². The fourth-order valence-electron chi connectivity index (χ4n) is 2.34. The van der Waals surface area contributed by atoms with E-state index in [9.17, 15) is 8.42 Å². The second kappa shape index (κ2) is 5.20. The molecule has 20 heavy (non-hydrogen) atoms. The Morgan fingerprint density at radius 3 is 2.95 bits per heavy atom. The summed E-state index contributed by atoms with van der Waals surface area (Å²) in [6.45, 7) is 1.28. The summed E-state index contributed by atoms with van der Waals surface area (Å²) in [7, 11) is -1.82. The van der Waals surface area contributed by atoms with Crippen molar-refractivity contribution in [2.75, 3.05) is 18.9 Å². The summed E-state index contributed by atoms with van der Waals surface area (Å²) in [5.41, 5.74) is 3.14. The molecule has 0 radical (unpaired) electrons. The van der Waals surface area contributed by atoms with Gasteiger partial charge >= 0.3 is 0 Å². The molecule has 1 N–H and O–H groups in total. The molecule has 4 nitrogen and oxygen atoms in total. The summed E-state index contributed by atoms with van der Waals surface area (Å²) >= 11 is 1.57. The molecule has 0 unspecified atom stereocenters. The first kappa shape index (κ1) is 13.6. The number of sulfonamides is 1. The molecular weight excluding hydrogens is 292 g/mol. The van der Waals surface area contributed by atoms with Gasteiger partial charge in [-0.25, -0.2) is 8.42 Å². The molecule has 0 spiro atoms. The van der Waals surface area contributed by atoms with Crippen LogP contribution < -0.4 is 5.32 Å². The van der Waals surface area contributed by atoms with Crippen molar-refractivity contribution in [2.45, 2.75) is 17.9 Å². The van der Waals surface area contributed by atoms with Gasteiger partial charge in [0, 0.05) is 25.8 Å². The van der Waals surface area contributed by atoms with Crippen molar-refractivity contribution in [2.24, 2.45) is 0 Å². The van der Waals surface area contributed by atoms with Crippen molar-refractivity contribution in [1.29, 1.82) is 0 Å². The molecule has 1 aromatic heterocycles. The lowest BCUT2D eigenvalue weighted by Gasteiger charge is -2.17. The Morgan fingerprint density at radius 1 is 1.35 bits per heavy atom. The number of hydrogen-bond acceptors (Lipinski definition) is 4. The summed E-state index contributed by atoms with van der Waals surface area (Å²) < 4.78 is 26.5. The average molecular weight is 308 g/mol. The lowest BCUT2D eigenvalue weighted by molar-refractivity contribution is 0.467. The molecule has 2 aromatic rings. The topological polar surface area (TPSA) is 49.4 Å². The standard InChI is InChI=1S/C14H16N2O2S2/c1-16(9-11-5-7-19-10-11)20(17,18)13-3-2-12-4-6-15-14(12)8-13/h2-3,5,7-8,10,15H,4,6,9H2,1H3. The molecular formula is C14H16N2O2S2. The van der Waals surface area contributed by atoms with Crippen molar-refractivity contribution in [3.63, 3.8) is 0 Å². The Balaban J connectivity index is 1.87. The maximum Gasteiger partial charge on any atom is 0.243 e. The predicted molar refractivity (Wildman–Crippen MR) is 81.6 cm³/mol. The third-order valence-corrected chi connectivity index (χ3v) is 6.02. The number of benzene rings is 1. The van der Waals surface area contributed by atoms with Gasteiger partial charge in [-0.2, -0.15) is 15.6 Å². The fourth-order valence-corrected chi connectivity index (χ4v) is 4.18. The summed E-state index contributed by atoms with van der Waals surface area (Å²) in [4.78, 5) is 0.350. The SMILES string of the molecule is CN(Cc1ccsc1)S(=O)(=O)c1ccc2c(c1)NCC2. The molecule has 0 aliphatic carbocycles. The van der Waals surface area contributed by atoms with Crippen LogP contribution in [0.5, 0.6) is 0 Å². The number of fused-ring (bicyclic) bond motifs is 1. The Labute approximate surface area is 123 Å². The lowest BCUT2D eigenvalue weighted by Crippen LogP contribution is -2.26. The molecule has 1 aliphatic rings. The van der Waals surface area contributed by atoms with E-state index in [1.807, 2.05) is 22.9 Å². The van der Waals surface area contributed by atoms with Crippen LogP contribution in [0, 0.1) is 0 Å². The van der Waals surface area contributed by atoms with E-state index in [2.05, 4.69) is 5.32 Å². The van der Waals surface area contributed by atoms with Crippen molar-refractivity contribution < 1.29 is 8.42 Å². The zero-order valence-corrected chi connectivity index (χ0v) is 12.8. The molecule has 0 saturated heterocycles. The molecule has 6 heteroatoms. The number of hydrogen-bond donors (Lipinski definition) is 1. The first-order valence-electron chi connectivity index (χ1n) is 6.41. The molecule has 0 bridgehead atoms. The maximum absolute atomic E-state index is 12.6. The Kier molecular flexibility index (Phi) is 3.54. The molecule has 0 amide bonds. The molecule has 106 valence electrons. The molecule has 2 heterocycles. The van der Waals surface area contributed by atoms with Crippen molar-refractivity contribution in [3.8, 4) is 0 Å². The lowest BCUT2D eigenvalue weighted by atomic mass is 10.2. The highest BCUT2D eigenvalue weighted by molar-refractivity contribution is 7.89. The predicted octanol–water partition coefficient (Wildman–Crippen LogP) is 2.54. The van der Waals surface area contributed by atoms with Crippen LogP contribution in [0.1, 0.15) is 11.1 Å². The molecule has 3 rings (SSSR count). The highest BCUT2D eigenvalue weighted by Crippen LogP contribution is 2.27. The monoisotopic (exact) mass is 308 g/mol. The van der Waals surface area contributed by atoms with Crippen molar-refractivity contribution in [3.05, 3.63) is 46.2 Å². The van der Waals surface area contributed by atoms with Gasteiger partial charge in [0.25, 0.3) is 0 Å². The third-order valence-electron chi connectivity index (χ3n) is 3.48. The van der Waals surface area contributed by atoms with E-state index < -0.39 is 10.0 Å². The van der Waals surface area contributed by atoms with E-state index in [-0.39, 0.29) is 0 Å². The quantitative estimate of drug-likeness (QED) is 0.944. The Morgan fingerprint density at radius 2 is 2.20 bits per heavy atom. The number of anilines is 1. The van der Waals surface area contributed by atoms with E-state index in [1.165, 1.54) is 9.87 Å². The largest absolute Gasteiger partial charge is 0.384 e. The summed E-state index contributed by atoms with van der Waals surface area (Å²) in [5, 5.41) is 7.14. The molecule has 1 aromatic carbocycles. The average Bonchev–Trinajstić information content (AvgIpc) is 3.07. The Bertz CT molecular complexity index is 709.